The molecule has 2 amide bonds. The lowest BCUT2D eigenvalue weighted by atomic mass is 9.77. The van der Waals surface area contributed by atoms with Gasteiger partial charge in [0.2, 0.25) is 5.72 Å². The number of amides is 2. The number of nitrogens with one attached hydrogen (secondary N) is 2. The van der Waals surface area contributed by atoms with Crippen LogP contribution in [-0.2, 0) is 6.61 Å². The summed E-state index contributed by atoms with van der Waals surface area (Å²) >= 11 is 0. The van der Waals surface area contributed by atoms with Crippen molar-refractivity contribution in [2.24, 2.45) is 5.92 Å². The Kier molecular flexibility index (Phi) is 6.25. The molecule has 3 N–H and O–H groups in total. The second kappa shape index (κ2) is 9.14. The summed E-state index contributed by atoms with van der Waals surface area (Å²) in [7, 11) is 0. The standard InChI is InChI=1S/C24H20F3N3O4/c25-24(26,27)23(33)19(21(31)17-7-4-12-28-13-17)20(29-22(32)30-23)16-8-10-18(11-9-16)34-14-15-5-2-1-3-6-15/h1-13,19-20,33H,14H2,(H2,29,30,32)/t19-,20+,23-/m0/s1. The third kappa shape index (κ3) is 4.58. The molecule has 176 valence electrons. The topological polar surface area (TPSA) is 101 Å². The first kappa shape index (κ1) is 23.2. The first-order valence-corrected chi connectivity index (χ1v) is 10.3. The molecule has 1 saturated heterocycles. The highest BCUT2D eigenvalue weighted by molar-refractivity contribution is 6.00. The normalized spacial score (nSPS) is 22.4. The van der Waals surface area contributed by atoms with E-state index in [1.807, 2.05) is 30.3 Å². The predicted molar refractivity (Wildman–Crippen MR) is 115 cm³/mol. The second-order valence-corrected chi connectivity index (χ2v) is 7.77. The van der Waals surface area contributed by atoms with Crippen LogP contribution in [0, 0.1) is 5.92 Å². The number of ketones is 1. The van der Waals surface area contributed by atoms with Crippen molar-refractivity contribution in [3.8, 4) is 5.75 Å². The maximum Gasteiger partial charge on any atom is 0.437 e. The van der Waals surface area contributed by atoms with Gasteiger partial charge in [-0.3, -0.25) is 9.78 Å². The summed E-state index contributed by atoms with van der Waals surface area (Å²) in [5.41, 5.74) is -2.82. The van der Waals surface area contributed by atoms with Crippen LogP contribution in [0.1, 0.15) is 27.5 Å². The summed E-state index contributed by atoms with van der Waals surface area (Å²) in [4.78, 5) is 29.0. The summed E-state index contributed by atoms with van der Waals surface area (Å²) < 4.78 is 47.6. The Hall–Kier alpha value is -3.92. The van der Waals surface area contributed by atoms with E-state index in [0.717, 1.165) is 11.8 Å². The Bertz CT molecular complexity index is 1160. The van der Waals surface area contributed by atoms with Gasteiger partial charge in [-0.2, -0.15) is 13.2 Å². The quantitative estimate of drug-likeness (QED) is 0.476. The molecule has 2 aromatic carbocycles. The van der Waals surface area contributed by atoms with E-state index in [9.17, 15) is 27.9 Å². The van der Waals surface area contributed by atoms with Crippen LogP contribution < -0.4 is 15.4 Å². The van der Waals surface area contributed by atoms with E-state index < -0.39 is 35.7 Å². The molecule has 3 atom stereocenters. The van der Waals surface area contributed by atoms with Crippen LogP contribution in [0.3, 0.4) is 0 Å². The van der Waals surface area contributed by atoms with Crippen molar-refractivity contribution in [1.29, 1.82) is 0 Å². The molecule has 3 aromatic rings. The van der Waals surface area contributed by atoms with E-state index in [-0.39, 0.29) is 17.7 Å². The van der Waals surface area contributed by atoms with Gasteiger partial charge in [-0.1, -0.05) is 42.5 Å². The van der Waals surface area contributed by atoms with E-state index >= 15 is 0 Å². The molecule has 0 spiro atoms. The smallest absolute Gasteiger partial charge is 0.437 e. The first-order chi connectivity index (χ1) is 16.2. The molecule has 10 heteroatoms. The summed E-state index contributed by atoms with van der Waals surface area (Å²) in [5, 5.41) is 14.4. The molecule has 0 aliphatic carbocycles. The van der Waals surface area contributed by atoms with E-state index in [4.69, 9.17) is 4.74 Å². The van der Waals surface area contributed by atoms with Crippen molar-refractivity contribution in [3.05, 3.63) is 95.8 Å². The van der Waals surface area contributed by atoms with Gasteiger partial charge in [-0.05, 0) is 35.4 Å². The zero-order chi connectivity index (χ0) is 24.3. The van der Waals surface area contributed by atoms with Crippen molar-refractivity contribution >= 4 is 11.8 Å². The van der Waals surface area contributed by atoms with Crippen LogP contribution in [-0.4, -0.2) is 33.8 Å². The average Bonchev–Trinajstić information content (AvgIpc) is 2.83. The number of hydrogen-bond acceptors (Lipinski definition) is 5. The molecule has 7 nitrogen and oxygen atoms in total. The fourth-order valence-electron chi connectivity index (χ4n) is 3.82. The molecule has 0 bridgehead atoms. The Labute approximate surface area is 192 Å². The van der Waals surface area contributed by atoms with Crippen LogP contribution in [0.25, 0.3) is 0 Å². The number of Topliss-reactive ketones (excluding diaryl/α,β-unsaturated/α-hetero) is 1. The van der Waals surface area contributed by atoms with Crippen LogP contribution in [0.2, 0.25) is 0 Å². The zero-order valence-electron chi connectivity index (χ0n) is 17.6. The fourth-order valence-corrected chi connectivity index (χ4v) is 3.82. The summed E-state index contributed by atoms with van der Waals surface area (Å²) in [6, 6.07) is 15.2. The van der Waals surface area contributed by atoms with Gasteiger partial charge in [0.1, 0.15) is 18.3 Å². The number of nitrogens with zero attached hydrogens (tertiary/aromatic N) is 1. The number of alkyl halides is 3. The number of aromatic nitrogens is 1. The van der Waals surface area contributed by atoms with Crippen LogP contribution in [0.5, 0.6) is 5.75 Å². The van der Waals surface area contributed by atoms with E-state index in [0.29, 0.717) is 5.75 Å². The number of hydrogen-bond donors (Lipinski definition) is 3. The van der Waals surface area contributed by atoms with Gasteiger partial charge >= 0.3 is 12.2 Å². The number of rotatable bonds is 6. The van der Waals surface area contributed by atoms with Crippen molar-refractivity contribution in [1.82, 2.24) is 15.6 Å². The van der Waals surface area contributed by atoms with Crippen molar-refractivity contribution in [2.45, 2.75) is 24.6 Å². The molecule has 0 unspecified atom stereocenters. The Morgan fingerprint density at radius 1 is 1.06 bits per heavy atom. The fraction of sp³-hybridized carbons (Fsp3) is 0.208. The van der Waals surface area contributed by atoms with Gasteiger partial charge in [0.25, 0.3) is 0 Å². The lowest BCUT2D eigenvalue weighted by Crippen LogP contribution is -2.72. The lowest BCUT2D eigenvalue weighted by Gasteiger charge is -2.45. The number of carbonyl (C=O) groups excluding carboxylic acids is 2. The molecular weight excluding hydrogens is 451 g/mol. The second-order valence-electron chi connectivity index (χ2n) is 7.77. The van der Waals surface area contributed by atoms with E-state index in [2.05, 4.69) is 10.3 Å². The minimum atomic E-state index is -5.33. The average molecular weight is 471 g/mol. The third-order valence-corrected chi connectivity index (χ3v) is 5.52. The monoisotopic (exact) mass is 471 g/mol. The predicted octanol–water partition coefficient (Wildman–Crippen LogP) is 3.76. The maximum absolute atomic E-state index is 14.0. The van der Waals surface area contributed by atoms with Gasteiger partial charge in [0.15, 0.2) is 5.78 Å². The van der Waals surface area contributed by atoms with Crippen LogP contribution >= 0.6 is 0 Å². The largest absolute Gasteiger partial charge is 0.489 e. The minimum absolute atomic E-state index is 0.138. The van der Waals surface area contributed by atoms with Gasteiger partial charge in [0.05, 0.1) is 6.04 Å². The van der Waals surface area contributed by atoms with Gasteiger partial charge in [-0.15, -0.1) is 0 Å². The number of ether oxygens (including phenoxy) is 1. The molecular formula is C24H20F3N3O4. The number of urea groups is 1. The van der Waals surface area contributed by atoms with Crippen molar-refractivity contribution < 1.29 is 32.6 Å². The Morgan fingerprint density at radius 3 is 2.38 bits per heavy atom. The molecule has 1 aromatic heterocycles. The SMILES string of the molecule is O=C1N[C@H](c2ccc(OCc3ccccc3)cc2)[C@@H](C(=O)c2cccnc2)[C@](O)(C(F)(F)F)N1. The summed E-state index contributed by atoms with van der Waals surface area (Å²) in [6.07, 6.45) is -2.86. The number of pyridine rings is 1. The molecule has 0 saturated carbocycles. The molecule has 4 rings (SSSR count). The highest BCUT2D eigenvalue weighted by Gasteiger charge is 2.66. The number of aliphatic hydroxyl groups is 1. The number of carbonyl (C=O) groups is 2. The summed E-state index contributed by atoms with van der Waals surface area (Å²) in [6.45, 7) is 0.278. The van der Waals surface area contributed by atoms with Crippen molar-refractivity contribution in [3.63, 3.8) is 0 Å². The molecule has 2 heterocycles. The van der Waals surface area contributed by atoms with Crippen molar-refractivity contribution in [2.75, 3.05) is 0 Å². The molecule has 1 aliphatic heterocycles. The summed E-state index contributed by atoms with van der Waals surface area (Å²) in [5.74, 6) is -2.71. The number of halogens is 3. The highest BCUT2D eigenvalue weighted by Crippen LogP contribution is 2.44. The van der Waals surface area contributed by atoms with Gasteiger partial charge in [0, 0.05) is 18.0 Å². The van der Waals surface area contributed by atoms with Gasteiger partial charge in [-0.25, -0.2) is 4.79 Å². The first-order valence-electron chi connectivity index (χ1n) is 10.3. The molecule has 0 radical (unpaired) electrons. The maximum atomic E-state index is 14.0. The lowest BCUT2D eigenvalue weighted by molar-refractivity contribution is -0.287. The van der Waals surface area contributed by atoms with Gasteiger partial charge < -0.3 is 20.5 Å². The van der Waals surface area contributed by atoms with Crippen LogP contribution in [0.4, 0.5) is 18.0 Å². The van der Waals surface area contributed by atoms with E-state index in [1.165, 1.54) is 47.9 Å². The Morgan fingerprint density at radius 2 is 1.76 bits per heavy atom. The molecule has 34 heavy (non-hydrogen) atoms. The number of benzene rings is 2. The van der Waals surface area contributed by atoms with E-state index in [1.54, 1.807) is 0 Å². The molecule has 1 fully saturated rings. The van der Waals surface area contributed by atoms with Crippen LogP contribution in [0.15, 0.2) is 79.1 Å². The zero-order valence-corrected chi connectivity index (χ0v) is 17.6. The molecule has 1 aliphatic rings. The highest BCUT2D eigenvalue weighted by atomic mass is 19.4. The third-order valence-electron chi connectivity index (χ3n) is 5.52. The minimum Gasteiger partial charge on any atom is -0.489 e. The Balaban J connectivity index is 1.66.